The van der Waals surface area contributed by atoms with Crippen molar-refractivity contribution in [1.29, 1.82) is 0 Å². The highest BCUT2D eigenvalue weighted by molar-refractivity contribution is 7.89. The van der Waals surface area contributed by atoms with Gasteiger partial charge in [0.15, 0.2) is 0 Å². The second kappa shape index (κ2) is 8.87. The molecule has 28 heavy (non-hydrogen) atoms. The Morgan fingerprint density at radius 3 is 2.29 bits per heavy atom. The second-order valence-corrected chi connectivity index (χ2v) is 8.47. The number of rotatable bonds is 4. The van der Waals surface area contributed by atoms with Crippen LogP contribution in [0.1, 0.15) is 24.2 Å². The maximum absolute atomic E-state index is 12.8. The third-order valence-corrected chi connectivity index (χ3v) is 6.03. The summed E-state index contributed by atoms with van der Waals surface area (Å²) in [6.45, 7) is 4.30. The summed E-state index contributed by atoms with van der Waals surface area (Å²) in [5.41, 5.74) is 6.36. The van der Waals surface area contributed by atoms with Gasteiger partial charge in [-0.15, -0.1) is 12.4 Å². The molecule has 3 rings (SSSR count). The number of morpholine rings is 1. The standard InChI is InChI=1S/C18H22N4O4S.ClH/c1-12-10-22(11-13(2)26-12)27(24,25)16-6-3-14(4-7-16)18(23)21-15-5-8-17(19)20-9-15;/h3-9,12-13H,10-11H2,1-2H3,(H2,19,20)(H,21,23);1H. The third-order valence-electron chi connectivity index (χ3n) is 4.18. The lowest BCUT2D eigenvalue weighted by atomic mass is 10.2. The highest BCUT2D eigenvalue weighted by atomic mass is 35.5. The van der Waals surface area contributed by atoms with Crippen molar-refractivity contribution in [3.05, 3.63) is 48.2 Å². The molecule has 0 saturated carbocycles. The fourth-order valence-corrected chi connectivity index (χ4v) is 4.53. The minimum Gasteiger partial charge on any atom is -0.384 e. The Morgan fingerprint density at radius 2 is 1.75 bits per heavy atom. The molecule has 2 unspecified atom stereocenters. The van der Waals surface area contributed by atoms with Crippen LogP contribution in [0.25, 0.3) is 0 Å². The average molecular weight is 427 g/mol. The summed E-state index contributed by atoms with van der Waals surface area (Å²) in [5.74, 6) is -0.00607. The molecule has 1 aliphatic rings. The van der Waals surface area contributed by atoms with Crippen molar-refractivity contribution in [1.82, 2.24) is 9.29 Å². The van der Waals surface area contributed by atoms with Crippen LogP contribution in [0.4, 0.5) is 11.5 Å². The van der Waals surface area contributed by atoms with Gasteiger partial charge in [0.2, 0.25) is 10.0 Å². The molecule has 0 aliphatic carbocycles. The minimum absolute atomic E-state index is 0. The molecule has 1 aliphatic heterocycles. The van der Waals surface area contributed by atoms with E-state index in [0.717, 1.165) is 0 Å². The molecule has 8 nitrogen and oxygen atoms in total. The first-order chi connectivity index (χ1) is 12.8. The number of nitrogen functional groups attached to an aromatic ring is 1. The zero-order valence-electron chi connectivity index (χ0n) is 15.5. The predicted octanol–water partition coefficient (Wildman–Crippen LogP) is 2.14. The van der Waals surface area contributed by atoms with Crippen LogP contribution in [0.5, 0.6) is 0 Å². The number of anilines is 2. The molecular weight excluding hydrogens is 404 g/mol. The first-order valence-electron chi connectivity index (χ1n) is 8.54. The Bertz CT molecular complexity index is 910. The van der Waals surface area contributed by atoms with Crippen LogP contribution in [0.15, 0.2) is 47.5 Å². The van der Waals surface area contributed by atoms with E-state index in [1.807, 2.05) is 13.8 Å². The summed E-state index contributed by atoms with van der Waals surface area (Å²) >= 11 is 0. The summed E-state index contributed by atoms with van der Waals surface area (Å²) in [6.07, 6.45) is 1.12. The van der Waals surface area contributed by atoms with Crippen LogP contribution in [0.3, 0.4) is 0 Å². The largest absolute Gasteiger partial charge is 0.384 e. The maximum atomic E-state index is 12.8. The number of sulfonamides is 1. The lowest BCUT2D eigenvalue weighted by Gasteiger charge is -2.34. The van der Waals surface area contributed by atoms with Gasteiger partial charge in [-0.2, -0.15) is 4.31 Å². The van der Waals surface area contributed by atoms with Crippen LogP contribution in [0.2, 0.25) is 0 Å². The molecule has 2 aromatic rings. The number of carbonyl (C=O) groups is 1. The van der Waals surface area contributed by atoms with Crippen molar-refractivity contribution < 1.29 is 17.9 Å². The van der Waals surface area contributed by atoms with Crippen molar-refractivity contribution in [2.75, 3.05) is 24.1 Å². The molecule has 0 radical (unpaired) electrons. The smallest absolute Gasteiger partial charge is 0.255 e. The number of hydrogen-bond acceptors (Lipinski definition) is 6. The van der Waals surface area contributed by atoms with Gasteiger partial charge in [-0.05, 0) is 50.2 Å². The van der Waals surface area contributed by atoms with Crippen LogP contribution in [0, 0.1) is 0 Å². The average Bonchev–Trinajstić information content (AvgIpc) is 2.63. The molecule has 152 valence electrons. The molecule has 1 saturated heterocycles. The molecule has 3 N–H and O–H groups in total. The molecule has 1 aromatic heterocycles. The van der Waals surface area contributed by atoms with Gasteiger partial charge in [0.25, 0.3) is 5.91 Å². The fourth-order valence-electron chi connectivity index (χ4n) is 2.94. The topological polar surface area (TPSA) is 115 Å². The molecule has 1 aromatic carbocycles. The van der Waals surface area contributed by atoms with Crippen LogP contribution in [-0.4, -0.2) is 48.9 Å². The van der Waals surface area contributed by atoms with Gasteiger partial charge in [0.1, 0.15) is 5.82 Å². The maximum Gasteiger partial charge on any atom is 0.255 e. The van der Waals surface area contributed by atoms with Crippen molar-refractivity contribution in [2.24, 2.45) is 0 Å². The molecule has 2 heterocycles. The first kappa shape index (κ1) is 22.1. The molecular formula is C18H23ClN4O4S. The monoisotopic (exact) mass is 426 g/mol. The van der Waals surface area contributed by atoms with Gasteiger partial charge in [0, 0.05) is 18.7 Å². The summed E-state index contributed by atoms with van der Waals surface area (Å²) in [5, 5.41) is 2.69. The van der Waals surface area contributed by atoms with E-state index in [1.165, 1.54) is 34.8 Å². The van der Waals surface area contributed by atoms with Crippen LogP contribution < -0.4 is 11.1 Å². The van der Waals surface area contributed by atoms with Crippen molar-refractivity contribution in [3.63, 3.8) is 0 Å². The Morgan fingerprint density at radius 1 is 1.14 bits per heavy atom. The zero-order chi connectivity index (χ0) is 19.6. The SMILES string of the molecule is CC1CN(S(=O)(=O)c2ccc(C(=O)Nc3ccc(N)nc3)cc2)CC(C)O1.Cl. The third kappa shape index (κ3) is 4.99. The Balaban J connectivity index is 0.00000280. The Hall–Kier alpha value is -2.20. The quantitative estimate of drug-likeness (QED) is 0.773. The van der Waals surface area contributed by atoms with E-state index >= 15 is 0 Å². The number of nitrogens with one attached hydrogen (secondary N) is 1. The lowest BCUT2D eigenvalue weighted by Crippen LogP contribution is -2.48. The number of ether oxygens (including phenoxy) is 1. The van der Waals surface area contributed by atoms with Gasteiger partial charge in [0.05, 0.1) is 29.0 Å². The number of aromatic nitrogens is 1. The molecule has 10 heteroatoms. The van der Waals surface area contributed by atoms with E-state index in [2.05, 4.69) is 10.3 Å². The van der Waals surface area contributed by atoms with Gasteiger partial charge in [-0.3, -0.25) is 4.79 Å². The molecule has 1 amide bonds. The van der Waals surface area contributed by atoms with E-state index in [0.29, 0.717) is 30.2 Å². The van der Waals surface area contributed by atoms with E-state index in [9.17, 15) is 13.2 Å². The summed E-state index contributed by atoms with van der Waals surface area (Å²) < 4.78 is 32.7. The van der Waals surface area contributed by atoms with E-state index in [1.54, 1.807) is 12.1 Å². The van der Waals surface area contributed by atoms with Crippen LogP contribution >= 0.6 is 12.4 Å². The van der Waals surface area contributed by atoms with E-state index < -0.39 is 10.0 Å². The van der Waals surface area contributed by atoms with Crippen molar-refractivity contribution >= 4 is 39.8 Å². The van der Waals surface area contributed by atoms with Crippen molar-refractivity contribution in [3.8, 4) is 0 Å². The number of hydrogen-bond donors (Lipinski definition) is 2. The van der Waals surface area contributed by atoms with E-state index in [4.69, 9.17) is 10.5 Å². The minimum atomic E-state index is -3.64. The predicted molar refractivity (Wildman–Crippen MR) is 109 cm³/mol. The zero-order valence-corrected chi connectivity index (χ0v) is 17.2. The number of nitrogens with two attached hydrogens (primary N) is 1. The highest BCUT2D eigenvalue weighted by Crippen LogP contribution is 2.21. The van der Waals surface area contributed by atoms with Crippen LogP contribution in [-0.2, 0) is 14.8 Å². The van der Waals surface area contributed by atoms with Gasteiger partial charge in [-0.25, -0.2) is 13.4 Å². The van der Waals surface area contributed by atoms with Gasteiger partial charge >= 0.3 is 0 Å². The number of halogens is 1. The number of nitrogens with zero attached hydrogens (tertiary/aromatic N) is 2. The number of amides is 1. The molecule has 0 bridgehead atoms. The summed E-state index contributed by atoms with van der Waals surface area (Å²) in [6, 6.07) is 9.07. The van der Waals surface area contributed by atoms with Gasteiger partial charge in [-0.1, -0.05) is 0 Å². The fraction of sp³-hybridized carbons (Fsp3) is 0.333. The summed E-state index contributed by atoms with van der Waals surface area (Å²) in [4.78, 5) is 16.4. The van der Waals surface area contributed by atoms with Gasteiger partial charge < -0.3 is 15.8 Å². The number of pyridine rings is 1. The lowest BCUT2D eigenvalue weighted by molar-refractivity contribution is -0.0440. The second-order valence-electron chi connectivity index (χ2n) is 6.53. The normalized spacial score (nSPS) is 20.2. The number of benzene rings is 1. The molecule has 1 fully saturated rings. The summed E-state index contributed by atoms with van der Waals surface area (Å²) in [7, 11) is -3.64. The first-order valence-corrected chi connectivity index (χ1v) is 9.98. The highest BCUT2D eigenvalue weighted by Gasteiger charge is 2.32. The molecule has 2 atom stereocenters. The Labute approximate surface area is 170 Å². The van der Waals surface area contributed by atoms with E-state index in [-0.39, 0.29) is 35.4 Å². The Kier molecular flexibility index (Phi) is 7.00. The molecule has 0 spiro atoms. The van der Waals surface area contributed by atoms with Crippen molar-refractivity contribution in [2.45, 2.75) is 31.0 Å². The number of carbonyl (C=O) groups excluding carboxylic acids is 1.